The molecular weight excluding hydrogens is 384 g/mol. The van der Waals surface area contributed by atoms with E-state index in [9.17, 15) is 4.79 Å². The molecule has 3 heterocycles. The van der Waals surface area contributed by atoms with Gasteiger partial charge in [-0.2, -0.15) is 0 Å². The molecule has 4 rings (SSSR count). The van der Waals surface area contributed by atoms with Gasteiger partial charge in [-0.05, 0) is 37.8 Å². The number of ether oxygens (including phenoxy) is 3. The van der Waals surface area contributed by atoms with Gasteiger partial charge in [0.2, 0.25) is 5.91 Å². The molecule has 2 aliphatic heterocycles. The maximum atomic E-state index is 12.5. The van der Waals surface area contributed by atoms with Crippen molar-refractivity contribution in [3.63, 3.8) is 0 Å². The average Bonchev–Trinajstić information content (AvgIpc) is 3.32. The average molecular weight is 412 g/mol. The van der Waals surface area contributed by atoms with E-state index in [2.05, 4.69) is 20.2 Å². The molecule has 0 bridgehead atoms. The van der Waals surface area contributed by atoms with E-state index in [1.165, 1.54) is 0 Å². The van der Waals surface area contributed by atoms with Gasteiger partial charge in [-0.25, -0.2) is 9.97 Å². The van der Waals surface area contributed by atoms with Crippen LogP contribution in [0.2, 0.25) is 0 Å². The van der Waals surface area contributed by atoms with Gasteiger partial charge in [0.15, 0.2) is 5.82 Å². The SMILES string of the molecule is COc1cccc(Oc2nccnc2N2CCC(C(=O)NCC3CCCO3)CC2)c1. The lowest BCUT2D eigenvalue weighted by Gasteiger charge is -2.32. The number of methoxy groups -OCH3 is 1. The number of nitrogens with one attached hydrogen (secondary N) is 1. The Bertz CT molecular complexity index is 849. The number of hydrogen-bond acceptors (Lipinski definition) is 7. The summed E-state index contributed by atoms with van der Waals surface area (Å²) in [7, 11) is 1.62. The Morgan fingerprint density at radius 1 is 1.20 bits per heavy atom. The predicted octanol–water partition coefficient (Wildman–Crippen LogP) is 2.79. The molecule has 2 fully saturated rings. The molecule has 1 N–H and O–H groups in total. The van der Waals surface area contributed by atoms with Gasteiger partial charge in [-0.1, -0.05) is 6.07 Å². The summed E-state index contributed by atoms with van der Waals surface area (Å²) < 4.78 is 16.8. The van der Waals surface area contributed by atoms with E-state index >= 15 is 0 Å². The molecule has 0 radical (unpaired) electrons. The number of rotatable bonds is 7. The molecule has 1 atom stereocenters. The molecule has 1 aromatic carbocycles. The first-order valence-electron chi connectivity index (χ1n) is 10.5. The third kappa shape index (κ3) is 4.99. The Kier molecular flexibility index (Phi) is 6.63. The van der Waals surface area contributed by atoms with Crippen molar-refractivity contribution < 1.29 is 19.0 Å². The highest BCUT2D eigenvalue weighted by Crippen LogP contribution is 2.32. The van der Waals surface area contributed by atoms with Crippen LogP contribution in [0.3, 0.4) is 0 Å². The first-order valence-corrected chi connectivity index (χ1v) is 10.5. The monoisotopic (exact) mass is 412 g/mol. The van der Waals surface area contributed by atoms with E-state index < -0.39 is 0 Å². The fourth-order valence-corrected chi connectivity index (χ4v) is 3.90. The summed E-state index contributed by atoms with van der Waals surface area (Å²) in [6.45, 7) is 2.87. The van der Waals surface area contributed by atoms with Crippen molar-refractivity contribution in [3.05, 3.63) is 36.7 Å². The van der Waals surface area contributed by atoms with Gasteiger partial charge >= 0.3 is 0 Å². The smallest absolute Gasteiger partial charge is 0.263 e. The van der Waals surface area contributed by atoms with Crippen LogP contribution in [0.5, 0.6) is 17.4 Å². The van der Waals surface area contributed by atoms with Crippen molar-refractivity contribution in [3.8, 4) is 17.4 Å². The third-order valence-electron chi connectivity index (χ3n) is 5.60. The molecule has 2 saturated heterocycles. The molecular formula is C22H28N4O4. The van der Waals surface area contributed by atoms with Gasteiger partial charge in [0, 0.05) is 50.6 Å². The fraction of sp³-hybridized carbons (Fsp3) is 0.500. The van der Waals surface area contributed by atoms with Gasteiger partial charge < -0.3 is 24.4 Å². The molecule has 1 unspecified atom stereocenters. The molecule has 30 heavy (non-hydrogen) atoms. The lowest BCUT2D eigenvalue weighted by atomic mass is 9.96. The fourth-order valence-electron chi connectivity index (χ4n) is 3.90. The van der Waals surface area contributed by atoms with Crippen LogP contribution in [0.4, 0.5) is 5.82 Å². The van der Waals surface area contributed by atoms with Crippen LogP contribution in [-0.4, -0.2) is 55.3 Å². The topological polar surface area (TPSA) is 85.8 Å². The Balaban J connectivity index is 1.34. The first-order chi connectivity index (χ1) is 14.7. The standard InChI is InChI=1S/C22H28N4O4/c1-28-17-4-2-5-18(14-17)30-22-20(23-9-10-24-22)26-11-7-16(8-12-26)21(27)25-15-19-6-3-13-29-19/h2,4-5,9-10,14,16,19H,3,6-8,11-13,15H2,1H3,(H,25,27). The quantitative estimate of drug-likeness (QED) is 0.748. The van der Waals surface area contributed by atoms with Gasteiger partial charge in [-0.15, -0.1) is 0 Å². The van der Waals surface area contributed by atoms with E-state index in [-0.39, 0.29) is 17.9 Å². The highest BCUT2D eigenvalue weighted by atomic mass is 16.5. The summed E-state index contributed by atoms with van der Waals surface area (Å²) in [5.74, 6) is 2.64. The maximum Gasteiger partial charge on any atom is 0.263 e. The number of nitrogens with zero attached hydrogens (tertiary/aromatic N) is 3. The van der Waals surface area contributed by atoms with Crippen molar-refractivity contribution in [2.24, 2.45) is 5.92 Å². The molecule has 0 spiro atoms. The van der Waals surface area contributed by atoms with E-state index in [4.69, 9.17) is 14.2 Å². The van der Waals surface area contributed by atoms with E-state index in [1.54, 1.807) is 19.5 Å². The number of hydrogen-bond donors (Lipinski definition) is 1. The number of amides is 1. The number of carbonyl (C=O) groups excluding carboxylic acids is 1. The summed E-state index contributed by atoms with van der Waals surface area (Å²) in [4.78, 5) is 23.5. The molecule has 0 aliphatic carbocycles. The minimum atomic E-state index is 0.0158. The molecule has 0 saturated carbocycles. The summed E-state index contributed by atoms with van der Waals surface area (Å²) in [6.07, 6.45) is 7.10. The normalized spacial score (nSPS) is 19.5. The zero-order chi connectivity index (χ0) is 20.8. The number of aromatic nitrogens is 2. The summed E-state index contributed by atoms with van der Waals surface area (Å²) in [6, 6.07) is 7.39. The van der Waals surface area contributed by atoms with Crippen LogP contribution < -0.4 is 19.7 Å². The molecule has 2 aliphatic rings. The van der Waals surface area contributed by atoms with Crippen LogP contribution in [0.25, 0.3) is 0 Å². The lowest BCUT2D eigenvalue weighted by molar-refractivity contribution is -0.126. The minimum absolute atomic E-state index is 0.0158. The van der Waals surface area contributed by atoms with Crippen molar-refractivity contribution in [2.45, 2.75) is 31.8 Å². The zero-order valence-corrected chi connectivity index (χ0v) is 17.3. The highest BCUT2D eigenvalue weighted by Gasteiger charge is 2.28. The van der Waals surface area contributed by atoms with E-state index in [0.29, 0.717) is 29.7 Å². The van der Waals surface area contributed by atoms with Gasteiger partial charge in [0.1, 0.15) is 11.5 Å². The third-order valence-corrected chi connectivity index (χ3v) is 5.60. The largest absolute Gasteiger partial charge is 0.497 e. The number of piperidine rings is 1. The summed E-state index contributed by atoms with van der Waals surface area (Å²) in [5, 5.41) is 3.06. The second kappa shape index (κ2) is 9.75. The summed E-state index contributed by atoms with van der Waals surface area (Å²) >= 11 is 0. The van der Waals surface area contributed by atoms with E-state index in [1.807, 2.05) is 24.3 Å². The molecule has 8 heteroatoms. The Labute approximate surface area is 176 Å². The Morgan fingerprint density at radius 3 is 2.77 bits per heavy atom. The van der Waals surface area contributed by atoms with Crippen LogP contribution in [-0.2, 0) is 9.53 Å². The van der Waals surface area contributed by atoms with Crippen LogP contribution in [0.1, 0.15) is 25.7 Å². The van der Waals surface area contributed by atoms with Crippen molar-refractivity contribution in [1.29, 1.82) is 0 Å². The second-order valence-corrected chi connectivity index (χ2v) is 7.61. The Morgan fingerprint density at radius 2 is 2.00 bits per heavy atom. The zero-order valence-electron chi connectivity index (χ0n) is 17.3. The molecule has 2 aromatic rings. The number of carbonyl (C=O) groups is 1. The molecule has 160 valence electrons. The van der Waals surface area contributed by atoms with Crippen LogP contribution in [0, 0.1) is 5.92 Å². The molecule has 8 nitrogen and oxygen atoms in total. The molecule has 1 aromatic heterocycles. The van der Waals surface area contributed by atoms with Crippen LogP contribution >= 0.6 is 0 Å². The first kappa shape index (κ1) is 20.4. The van der Waals surface area contributed by atoms with Crippen molar-refractivity contribution >= 4 is 11.7 Å². The second-order valence-electron chi connectivity index (χ2n) is 7.61. The Hall–Kier alpha value is -2.87. The number of anilines is 1. The lowest BCUT2D eigenvalue weighted by Crippen LogP contribution is -2.42. The predicted molar refractivity (Wildman–Crippen MR) is 112 cm³/mol. The highest BCUT2D eigenvalue weighted by molar-refractivity contribution is 5.79. The van der Waals surface area contributed by atoms with Gasteiger partial charge in [0.25, 0.3) is 5.88 Å². The summed E-state index contributed by atoms with van der Waals surface area (Å²) in [5.41, 5.74) is 0. The van der Waals surface area contributed by atoms with E-state index in [0.717, 1.165) is 45.4 Å². The van der Waals surface area contributed by atoms with Gasteiger partial charge in [-0.3, -0.25) is 4.79 Å². The minimum Gasteiger partial charge on any atom is -0.497 e. The van der Waals surface area contributed by atoms with Crippen molar-refractivity contribution in [1.82, 2.24) is 15.3 Å². The molecule has 1 amide bonds. The van der Waals surface area contributed by atoms with Crippen molar-refractivity contribution in [2.75, 3.05) is 38.3 Å². The maximum absolute atomic E-state index is 12.5. The van der Waals surface area contributed by atoms with Gasteiger partial charge in [0.05, 0.1) is 13.2 Å². The number of benzene rings is 1. The van der Waals surface area contributed by atoms with Crippen LogP contribution in [0.15, 0.2) is 36.7 Å².